The van der Waals surface area contributed by atoms with Crippen molar-refractivity contribution in [2.24, 2.45) is 0 Å². The molecule has 138 valence electrons. The van der Waals surface area contributed by atoms with Crippen LogP contribution >= 0.6 is 0 Å². The van der Waals surface area contributed by atoms with Gasteiger partial charge in [-0.25, -0.2) is 9.59 Å². The van der Waals surface area contributed by atoms with E-state index in [1.807, 2.05) is 0 Å². The molecule has 1 amide bonds. The summed E-state index contributed by atoms with van der Waals surface area (Å²) in [4.78, 5) is 35.4. The largest absolute Gasteiger partial charge is 0.467 e. The average Bonchev–Trinajstić information content (AvgIpc) is 2.51. The fraction of sp³-hybridized carbons (Fsp3) is 0.471. The minimum absolute atomic E-state index is 0.355. The van der Waals surface area contributed by atoms with Crippen molar-refractivity contribution >= 4 is 17.8 Å². The van der Waals surface area contributed by atoms with Gasteiger partial charge in [0.05, 0.1) is 7.11 Å². The number of nitrogens with one attached hydrogen (secondary N) is 1. The third kappa shape index (κ3) is 6.13. The lowest BCUT2D eigenvalue weighted by molar-refractivity contribution is -0.163. The van der Waals surface area contributed by atoms with Crippen LogP contribution in [0.1, 0.15) is 26.3 Å². The number of benzene rings is 1. The number of Topliss-reactive ketones (excluding diaryl/α,β-unsaturated/α-hetero) is 1. The first-order valence-corrected chi connectivity index (χ1v) is 7.49. The molecule has 1 N–H and O–H groups in total. The predicted molar refractivity (Wildman–Crippen MR) is 85.3 cm³/mol. The van der Waals surface area contributed by atoms with Crippen LogP contribution in [-0.2, 0) is 25.5 Å². The van der Waals surface area contributed by atoms with Crippen LogP contribution in [0.5, 0.6) is 0 Å². The molecule has 0 aromatic heterocycles. The number of alkyl carbamates (subject to hydrolysis) is 1. The van der Waals surface area contributed by atoms with E-state index in [2.05, 4.69) is 4.74 Å². The molecule has 1 unspecified atom stereocenters. The maximum Gasteiger partial charge on any atom is 0.408 e. The third-order valence-electron chi connectivity index (χ3n) is 3.04. The van der Waals surface area contributed by atoms with Gasteiger partial charge < -0.3 is 14.8 Å². The Hall–Kier alpha value is -2.51. The minimum atomic E-state index is -4.17. The van der Waals surface area contributed by atoms with Crippen LogP contribution < -0.4 is 5.32 Å². The molecule has 0 spiro atoms. The number of ether oxygens (including phenoxy) is 2. The van der Waals surface area contributed by atoms with Crippen LogP contribution in [-0.4, -0.2) is 42.5 Å². The summed E-state index contributed by atoms with van der Waals surface area (Å²) in [5.41, 5.74) is -0.610. The van der Waals surface area contributed by atoms with Gasteiger partial charge in [-0.1, -0.05) is 30.3 Å². The number of esters is 1. The van der Waals surface area contributed by atoms with Gasteiger partial charge in [-0.15, -0.1) is 0 Å². The number of hydrogen-bond donors (Lipinski definition) is 1. The maximum atomic E-state index is 14.5. The first-order valence-electron chi connectivity index (χ1n) is 7.49. The summed E-state index contributed by atoms with van der Waals surface area (Å²) in [5.74, 6) is -7.14. The van der Waals surface area contributed by atoms with Crippen molar-refractivity contribution in [1.29, 1.82) is 0 Å². The molecular formula is C17H21F2NO5. The second kappa shape index (κ2) is 8.04. The van der Waals surface area contributed by atoms with Gasteiger partial charge in [0.1, 0.15) is 5.60 Å². The van der Waals surface area contributed by atoms with Gasteiger partial charge in [0.2, 0.25) is 11.8 Å². The zero-order valence-corrected chi connectivity index (χ0v) is 14.5. The highest BCUT2D eigenvalue weighted by atomic mass is 19.3. The molecule has 0 saturated heterocycles. The lowest BCUT2D eigenvalue weighted by Gasteiger charge is -2.26. The molecule has 0 aliphatic carbocycles. The first-order chi connectivity index (χ1) is 11.5. The Balaban J connectivity index is 2.97. The van der Waals surface area contributed by atoms with Crippen LogP contribution in [0.15, 0.2) is 30.3 Å². The first kappa shape index (κ1) is 20.5. The molecule has 0 aliphatic rings. The lowest BCUT2D eigenvalue weighted by Crippen LogP contribution is -2.57. The van der Waals surface area contributed by atoms with E-state index in [9.17, 15) is 23.2 Å². The van der Waals surface area contributed by atoms with E-state index >= 15 is 0 Å². The van der Waals surface area contributed by atoms with Crippen LogP contribution in [0.25, 0.3) is 0 Å². The fourth-order valence-corrected chi connectivity index (χ4v) is 1.90. The van der Waals surface area contributed by atoms with Gasteiger partial charge in [-0.05, 0) is 26.3 Å². The van der Waals surface area contributed by atoms with Crippen LogP contribution in [0, 0.1) is 0 Å². The van der Waals surface area contributed by atoms with Crippen molar-refractivity contribution in [2.75, 3.05) is 7.11 Å². The highest BCUT2D eigenvalue weighted by Gasteiger charge is 2.52. The molecule has 1 rings (SSSR count). The molecule has 0 radical (unpaired) electrons. The summed E-state index contributed by atoms with van der Waals surface area (Å²) >= 11 is 0. The van der Waals surface area contributed by atoms with Gasteiger partial charge in [0.25, 0.3) is 0 Å². The molecule has 25 heavy (non-hydrogen) atoms. The second-order valence-electron chi connectivity index (χ2n) is 6.31. The van der Waals surface area contributed by atoms with Crippen molar-refractivity contribution < 1.29 is 32.6 Å². The highest BCUT2D eigenvalue weighted by molar-refractivity contribution is 5.95. The number of halogens is 2. The van der Waals surface area contributed by atoms with Gasteiger partial charge >= 0.3 is 18.0 Å². The van der Waals surface area contributed by atoms with E-state index < -0.39 is 41.8 Å². The van der Waals surface area contributed by atoms with Crippen molar-refractivity contribution in [3.63, 3.8) is 0 Å². The molecule has 0 fully saturated rings. The SMILES string of the molecule is COC(=O)C(NC(=O)OC(C)(C)C)C(F)(F)C(=O)Cc1ccccc1. The Morgan fingerprint density at radius 3 is 2.16 bits per heavy atom. The zero-order chi connectivity index (χ0) is 19.3. The molecule has 0 heterocycles. The lowest BCUT2D eigenvalue weighted by atomic mass is 9.99. The summed E-state index contributed by atoms with van der Waals surface area (Å²) in [5, 5.41) is 1.72. The Kier molecular flexibility index (Phi) is 6.61. The maximum absolute atomic E-state index is 14.5. The summed E-state index contributed by atoms with van der Waals surface area (Å²) < 4.78 is 38.1. The normalized spacial score (nSPS) is 12.9. The molecule has 1 atom stereocenters. The molecule has 0 saturated carbocycles. The van der Waals surface area contributed by atoms with Gasteiger partial charge in [-0.2, -0.15) is 8.78 Å². The van der Waals surface area contributed by atoms with Gasteiger partial charge in [-0.3, -0.25) is 4.79 Å². The molecular weight excluding hydrogens is 336 g/mol. The smallest absolute Gasteiger partial charge is 0.408 e. The van der Waals surface area contributed by atoms with E-state index in [0.29, 0.717) is 5.56 Å². The summed E-state index contributed by atoms with van der Waals surface area (Å²) in [6.45, 7) is 4.58. The monoisotopic (exact) mass is 357 g/mol. The molecule has 1 aromatic rings. The fourth-order valence-electron chi connectivity index (χ4n) is 1.90. The van der Waals surface area contributed by atoms with E-state index in [1.165, 1.54) is 32.9 Å². The summed E-state index contributed by atoms with van der Waals surface area (Å²) in [7, 11) is 0.879. The number of rotatable bonds is 6. The standard InChI is InChI=1S/C17H21F2NO5/c1-16(2,3)25-15(23)20-13(14(22)24-4)17(18,19)12(21)10-11-8-6-5-7-9-11/h5-9,13H,10H2,1-4H3,(H,20,23). The molecule has 0 bridgehead atoms. The number of alkyl halides is 2. The third-order valence-corrected chi connectivity index (χ3v) is 3.04. The predicted octanol–water partition coefficient (Wildman–Crippen LogP) is 2.50. The van der Waals surface area contributed by atoms with Crippen molar-refractivity contribution in [3.8, 4) is 0 Å². The Bertz CT molecular complexity index is 626. The highest BCUT2D eigenvalue weighted by Crippen LogP contribution is 2.24. The number of carbonyl (C=O) groups excluding carboxylic acids is 3. The summed E-state index contributed by atoms with van der Waals surface area (Å²) in [6.07, 6.45) is -1.85. The second-order valence-corrected chi connectivity index (χ2v) is 6.31. The van der Waals surface area contributed by atoms with E-state index in [4.69, 9.17) is 4.74 Å². The number of ketones is 1. The number of carbonyl (C=O) groups is 3. The molecule has 8 heteroatoms. The minimum Gasteiger partial charge on any atom is -0.467 e. The average molecular weight is 357 g/mol. The van der Waals surface area contributed by atoms with Crippen molar-refractivity contribution in [1.82, 2.24) is 5.32 Å². The van der Waals surface area contributed by atoms with Gasteiger partial charge in [0.15, 0.2) is 0 Å². The molecule has 6 nitrogen and oxygen atoms in total. The van der Waals surface area contributed by atoms with Crippen LogP contribution in [0.4, 0.5) is 13.6 Å². The molecule has 0 aliphatic heterocycles. The van der Waals surface area contributed by atoms with Crippen molar-refractivity contribution in [3.05, 3.63) is 35.9 Å². The zero-order valence-electron chi connectivity index (χ0n) is 14.5. The topological polar surface area (TPSA) is 81.7 Å². The van der Waals surface area contributed by atoms with Crippen molar-refractivity contribution in [2.45, 2.75) is 44.8 Å². The quantitative estimate of drug-likeness (QED) is 0.791. The Morgan fingerprint density at radius 2 is 1.68 bits per heavy atom. The van der Waals surface area contributed by atoms with E-state index in [1.54, 1.807) is 23.5 Å². The number of hydrogen-bond acceptors (Lipinski definition) is 5. The number of amides is 1. The summed E-state index contributed by atoms with van der Waals surface area (Å²) in [6, 6.07) is 5.39. The Morgan fingerprint density at radius 1 is 1.12 bits per heavy atom. The van der Waals surface area contributed by atoms with Crippen LogP contribution in [0.3, 0.4) is 0 Å². The van der Waals surface area contributed by atoms with E-state index in [0.717, 1.165) is 7.11 Å². The number of methoxy groups -OCH3 is 1. The van der Waals surface area contributed by atoms with Crippen LogP contribution in [0.2, 0.25) is 0 Å². The van der Waals surface area contributed by atoms with Gasteiger partial charge in [0, 0.05) is 6.42 Å². The van der Waals surface area contributed by atoms with E-state index in [-0.39, 0.29) is 0 Å². The molecule has 1 aromatic carbocycles. The Labute approximate surface area is 144 Å².